The summed E-state index contributed by atoms with van der Waals surface area (Å²) in [5.74, 6) is 0.700. The van der Waals surface area contributed by atoms with Crippen molar-refractivity contribution in [1.29, 1.82) is 0 Å². The molecular formula is C12H18N2O2. The number of anilines is 1. The van der Waals surface area contributed by atoms with E-state index in [1.165, 1.54) is 6.92 Å². The molecule has 0 aliphatic rings. The van der Waals surface area contributed by atoms with Crippen LogP contribution in [0.3, 0.4) is 0 Å². The van der Waals surface area contributed by atoms with Crippen molar-refractivity contribution in [3.8, 4) is 0 Å². The number of aliphatic hydroxyl groups excluding tert-OH is 1. The van der Waals surface area contributed by atoms with Crippen LogP contribution >= 0.6 is 0 Å². The first kappa shape index (κ1) is 12.6. The van der Waals surface area contributed by atoms with E-state index in [1.807, 2.05) is 25.8 Å². The van der Waals surface area contributed by atoms with Gasteiger partial charge in [-0.05, 0) is 32.9 Å². The minimum absolute atomic E-state index is 0.0128. The summed E-state index contributed by atoms with van der Waals surface area (Å²) in [5.41, 5.74) is 0.230. The summed E-state index contributed by atoms with van der Waals surface area (Å²) in [6, 6.07) is 3.42. The summed E-state index contributed by atoms with van der Waals surface area (Å²) < 4.78 is 0. The first-order valence-corrected chi connectivity index (χ1v) is 5.20. The van der Waals surface area contributed by atoms with Crippen LogP contribution in [-0.4, -0.2) is 35.1 Å². The fourth-order valence-corrected chi connectivity index (χ4v) is 1.24. The minimum Gasteiger partial charge on any atom is -0.394 e. The Bertz CT molecular complexity index is 388. The van der Waals surface area contributed by atoms with E-state index < -0.39 is 5.54 Å². The monoisotopic (exact) mass is 222 g/mol. The van der Waals surface area contributed by atoms with Crippen LogP contribution in [0.1, 0.15) is 31.1 Å². The summed E-state index contributed by atoms with van der Waals surface area (Å²) in [6.45, 7) is 5.37. The lowest BCUT2D eigenvalue weighted by molar-refractivity contribution is 0.101. The molecular weight excluding hydrogens is 204 g/mol. The average Bonchev–Trinajstić information content (AvgIpc) is 2.28. The number of rotatable bonds is 4. The maximum absolute atomic E-state index is 11.2. The number of aromatic nitrogens is 1. The molecule has 0 bridgehead atoms. The van der Waals surface area contributed by atoms with Crippen molar-refractivity contribution in [3.63, 3.8) is 0 Å². The zero-order valence-corrected chi connectivity index (χ0v) is 10.2. The second kappa shape index (κ2) is 4.61. The normalized spacial score (nSPS) is 11.3. The Balaban J connectivity index is 3.05. The van der Waals surface area contributed by atoms with E-state index in [9.17, 15) is 9.90 Å². The summed E-state index contributed by atoms with van der Waals surface area (Å²) in [6.07, 6.45) is 1.61. The number of pyridine rings is 1. The molecule has 0 saturated heterocycles. The number of carbonyl (C=O) groups excluding carboxylic acids is 1. The van der Waals surface area contributed by atoms with Crippen molar-refractivity contribution < 1.29 is 9.90 Å². The number of carbonyl (C=O) groups is 1. The standard InChI is InChI=1S/C12H18N2O2/c1-9(16)10-5-6-13-11(7-10)14(4)12(2,3)8-15/h5-7,15H,8H2,1-4H3. The van der Waals surface area contributed by atoms with Gasteiger partial charge in [0, 0.05) is 18.8 Å². The largest absolute Gasteiger partial charge is 0.394 e. The second-order valence-corrected chi connectivity index (χ2v) is 4.49. The lowest BCUT2D eigenvalue weighted by atomic mass is 10.0. The van der Waals surface area contributed by atoms with E-state index in [0.29, 0.717) is 11.4 Å². The smallest absolute Gasteiger partial charge is 0.159 e. The molecule has 0 amide bonds. The molecule has 0 fully saturated rings. The van der Waals surface area contributed by atoms with E-state index in [0.717, 1.165) is 0 Å². The number of ketones is 1. The highest BCUT2D eigenvalue weighted by molar-refractivity contribution is 5.94. The number of aliphatic hydroxyl groups is 1. The van der Waals surface area contributed by atoms with Crippen LogP contribution in [0.2, 0.25) is 0 Å². The Morgan fingerprint density at radius 1 is 1.56 bits per heavy atom. The number of likely N-dealkylation sites (N-methyl/N-ethyl adjacent to an activating group) is 1. The van der Waals surface area contributed by atoms with Crippen LogP contribution in [-0.2, 0) is 0 Å². The van der Waals surface area contributed by atoms with Gasteiger partial charge in [0.2, 0.25) is 0 Å². The zero-order chi connectivity index (χ0) is 12.3. The topological polar surface area (TPSA) is 53.4 Å². The van der Waals surface area contributed by atoms with Gasteiger partial charge in [0.05, 0.1) is 12.1 Å². The van der Waals surface area contributed by atoms with Gasteiger partial charge in [-0.25, -0.2) is 4.98 Å². The molecule has 1 N–H and O–H groups in total. The summed E-state index contributed by atoms with van der Waals surface area (Å²) in [4.78, 5) is 17.3. The molecule has 0 atom stereocenters. The van der Waals surface area contributed by atoms with Crippen LogP contribution in [0, 0.1) is 0 Å². The quantitative estimate of drug-likeness (QED) is 0.784. The van der Waals surface area contributed by atoms with Crippen molar-refractivity contribution in [2.45, 2.75) is 26.3 Å². The number of Topliss-reactive ketones (excluding diaryl/α,β-unsaturated/α-hetero) is 1. The molecule has 1 rings (SSSR count). The highest BCUT2D eigenvalue weighted by Gasteiger charge is 2.23. The van der Waals surface area contributed by atoms with E-state index in [1.54, 1.807) is 18.3 Å². The number of nitrogens with zero attached hydrogens (tertiary/aromatic N) is 2. The molecule has 0 aliphatic carbocycles. The minimum atomic E-state index is -0.400. The predicted octanol–water partition coefficient (Wildman–Crippen LogP) is 1.49. The third-order valence-corrected chi connectivity index (χ3v) is 2.79. The van der Waals surface area contributed by atoms with Crippen molar-refractivity contribution in [3.05, 3.63) is 23.9 Å². The number of hydrogen-bond donors (Lipinski definition) is 1. The first-order chi connectivity index (χ1) is 7.38. The lowest BCUT2D eigenvalue weighted by Crippen LogP contribution is -2.44. The Morgan fingerprint density at radius 3 is 2.69 bits per heavy atom. The van der Waals surface area contributed by atoms with E-state index in [2.05, 4.69) is 4.98 Å². The summed E-state index contributed by atoms with van der Waals surface area (Å²) >= 11 is 0. The summed E-state index contributed by atoms with van der Waals surface area (Å²) in [5, 5.41) is 9.27. The maximum atomic E-state index is 11.2. The van der Waals surface area contributed by atoms with Gasteiger partial charge in [0.15, 0.2) is 5.78 Å². The van der Waals surface area contributed by atoms with Gasteiger partial charge >= 0.3 is 0 Å². The Morgan fingerprint density at radius 2 is 2.19 bits per heavy atom. The molecule has 88 valence electrons. The fraction of sp³-hybridized carbons (Fsp3) is 0.500. The molecule has 1 aromatic rings. The molecule has 0 aromatic carbocycles. The van der Waals surface area contributed by atoms with Crippen LogP contribution in [0.4, 0.5) is 5.82 Å². The molecule has 0 aliphatic heterocycles. The van der Waals surface area contributed by atoms with Gasteiger partial charge < -0.3 is 10.0 Å². The third kappa shape index (κ3) is 2.58. The molecule has 0 saturated carbocycles. The lowest BCUT2D eigenvalue weighted by Gasteiger charge is -2.34. The molecule has 0 unspecified atom stereocenters. The Kier molecular flexibility index (Phi) is 3.65. The highest BCUT2D eigenvalue weighted by atomic mass is 16.3. The van der Waals surface area contributed by atoms with Crippen molar-refractivity contribution in [1.82, 2.24) is 4.98 Å². The molecule has 4 nitrogen and oxygen atoms in total. The molecule has 0 spiro atoms. The van der Waals surface area contributed by atoms with Gasteiger partial charge in [-0.1, -0.05) is 0 Å². The van der Waals surface area contributed by atoms with Crippen LogP contribution < -0.4 is 4.90 Å². The van der Waals surface area contributed by atoms with Gasteiger partial charge in [-0.2, -0.15) is 0 Å². The predicted molar refractivity (Wildman–Crippen MR) is 63.8 cm³/mol. The molecule has 16 heavy (non-hydrogen) atoms. The third-order valence-electron chi connectivity index (χ3n) is 2.79. The van der Waals surface area contributed by atoms with Crippen molar-refractivity contribution in [2.75, 3.05) is 18.6 Å². The van der Waals surface area contributed by atoms with Crippen molar-refractivity contribution >= 4 is 11.6 Å². The second-order valence-electron chi connectivity index (χ2n) is 4.49. The molecule has 4 heteroatoms. The van der Waals surface area contributed by atoms with Crippen LogP contribution in [0.25, 0.3) is 0 Å². The Labute approximate surface area is 95.9 Å². The van der Waals surface area contributed by atoms with E-state index in [-0.39, 0.29) is 12.4 Å². The van der Waals surface area contributed by atoms with Gasteiger partial charge in [-0.15, -0.1) is 0 Å². The first-order valence-electron chi connectivity index (χ1n) is 5.20. The van der Waals surface area contributed by atoms with Crippen LogP contribution in [0.15, 0.2) is 18.3 Å². The van der Waals surface area contributed by atoms with Gasteiger partial charge in [0.1, 0.15) is 5.82 Å². The fourth-order valence-electron chi connectivity index (χ4n) is 1.24. The van der Waals surface area contributed by atoms with Crippen molar-refractivity contribution in [2.24, 2.45) is 0 Å². The van der Waals surface area contributed by atoms with E-state index >= 15 is 0 Å². The van der Waals surface area contributed by atoms with E-state index in [4.69, 9.17) is 0 Å². The Hall–Kier alpha value is -1.42. The zero-order valence-electron chi connectivity index (χ0n) is 10.2. The molecule has 0 radical (unpaired) electrons. The van der Waals surface area contributed by atoms with Gasteiger partial charge in [-0.3, -0.25) is 4.79 Å². The summed E-state index contributed by atoms with van der Waals surface area (Å²) in [7, 11) is 1.85. The van der Waals surface area contributed by atoms with Crippen LogP contribution in [0.5, 0.6) is 0 Å². The molecule has 1 aromatic heterocycles. The number of hydrogen-bond acceptors (Lipinski definition) is 4. The maximum Gasteiger partial charge on any atom is 0.159 e. The van der Waals surface area contributed by atoms with Gasteiger partial charge in [0.25, 0.3) is 0 Å². The highest BCUT2D eigenvalue weighted by Crippen LogP contribution is 2.20. The average molecular weight is 222 g/mol. The molecule has 1 heterocycles. The SMILES string of the molecule is CC(=O)c1ccnc(N(C)C(C)(C)CO)c1.